The minimum absolute atomic E-state index is 0.000230. The summed E-state index contributed by atoms with van der Waals surface area (Å²) in [6.07, 6.45) is 2.51. The standard InChI is InChI=1S/C23H24ClF2IN6O4/c24-18-16(26)17-15-19(30-21(28-17)36-10-23-4-1-5-31(23)7-11(25)6-23)32-8-12-2-3-13(33(12)22(34)37-27)14(32)9-35-20(15)29-18/h11-14H,1-10H2/t11-,12-,13+,14-,23+/m1/s1. The summed E-state index contributed by atoms with van der Waals surface area (Å²) < 4.78 is 46.7. The summed E-state index contributed by atoms with van der Waals surface area (Å²) in [6.45, 7) is 2.12. The van der Waals surface area contributed by atoms with Gasteiger partial charge in [0.05, 0.1) is 23.7 Å². The van der Waals surface area contributed by atoms with Gasteiger partial charge in [0.15, 0.2) is 34.0 Å². The monoisotopic (exact) mass is 648 g/mol. The number of carbonyl (C=O) groups is 1. The molecule has 37 heavy (non-hydrogen) atoms. The number of pyridine rings is 1. The highest BCUT2D eigenvalue weighted by Gasteiger charge is 2.52. The Morgan fingerprint density at radius 3 is 2.95 bits per heavy atom. The molecule has 7 heterocycles. The van der Waals surface area contributed by atoms with Gasteiger partial charge in [-0.25, -0.2) is 13.6 Å². The molecule has 10 nitrogen and oxygen atoms in total. The summed E-state index contributed by atoms with van der Waals surface area (Å²) in [5.74, 6) is -0.195. The lowest BCUT2D eigenvalue weighted by molar-refractivity contribution is 0.104. The zero-order valence-electron chi connectivity index (χ0n) is 19.7. The summed E-state index contributed by atoms with van der Waals surface area (Å²) in [7, 11) is 0. The Balaban J connectivity index is 1.29. The van der Waals surface area contributed by atoms with E-state index < -0.39 is 17.5 Å². The van der Waals surface area contributed by atoms with Gasteiger partial charge in [-0.3, -0.25) is 9.80 Å². The van der Waals surface area contributed by atoms with Gasteiger partial charge in [-0.15, -0.1) is 0 Å². The third-order valence-electron chi connectivity index (χ3n) is 8.64. The molecule has 7 rings (SSSR count). The van der Waals surface area contributed by atoms with E-state index in [1.54, 1.807) is 27.9 Å². The Hall–Kier alpha value is -2.00. The Kier molecular flexibility index (Phi) is 5.70. The van der Waals surface area contributed by atoms with E-state index in [0.717, 1.165) is 32.2 Å². The fourth-order valence-electron chi connectivity index (χ4n) is 7.07. The van der Waals surface area contributed by atoms with Crippen LogP contribution in [-0.2, 0) is 3.07 Å². The smallest absolute Gasteiger partial charge is 0.419 e. The molecule has 0 unspecified atom stereocenters. The average Bonchev–Trinajstić information content (AvgIpc) is 3.48. The second-order valence-electron chi connectivity index (χ2n) is 10.5. The van der Waals surface area contributed by atoms with Gasteiger partial charge < -0.3 is 17.4 Å². The highest BCUT2D eigenvalue weighted by molar-refractivity contribution is 14.1. The molecule has 2 aromatic rings. The molecule has 0 spiro atoms. The predicted octanol–water partition coefficient (Wildman–Crippen LogP) is 3.67. The minimum Gasteiger partial charge on any atom is -0.475 e. The molecule has 4 saturated heterocycles. The van der Waals surface area contributed by atoms with E-state index in [-0.39, 0.29) is 60.0 Å². The molecule has 2 bridgehead atoms. The van der Waals surface area contributed by atoms with Crippen LogP contribution in [0.5, 0.6) is 11.9 Å². The van der Waals surface area contributed by atoms with Crippen LogP contribution in [-0.4, -0.2) is 93.5 Å². The summed E-state index contributed by atoms with van der Waals surface area (Å²) >= 11 is 7.73. The van der Waals surface area contributed by atoms with Crippen molar-refractivity contribution < 1.29 is 26.1 Å². The first-order valence-electron chi connectivity index (χ1n) is 12.5. The van der Waals surface area contributed by atoms with Crippen molar-refractivity contribution in [1.29, 1.82) is 0 Å². The van der Waals surface area contributed by atoms with E-state index in [1.807, 2.05) is 0 Å². The SMILES string of the molecule is O=C(OI)N1[C@@H]2CC[C@H]1[C@H]1COc3nc(Cl)c(F)c4nc(OC[C@@]56CCCN5C[C@H](F)C6)nc(c34)N1C2. The fraction of sp³-hybridized carbons (Fsp3) is 0.652. The zero-order chi connectivity index (χ0) is 25.5. The number of halogens is 4. The highest BCUT2D eigenvalue weighted by Crippen LogP contribution is 2.45. The number of carbonyl (C=O) groups excluding carboxylic acids is 1. The molecular weight excluding hydrogens is 625 g/mol. The molecule has 5 atom stereocenters. The number of fused-ring (bicyclic) bond motifs is 6. The van der Waals surface area contributed by atoms with Gasteiger partial charge in [0.2, 0.25) is 5.88 Å². The molecule has 198 valence electrons. The molecule has 0 radical (unpaired) electrons. The maximum atomic E-state index is 15.3. The third kappa shape index (κ3) is 3.63. The van der Waals surface area contributed by atoms with Crippen molar-refractivity contribution in [3.05, 3.63) is 11.0 Å². The average molecular weight is 649 g/mol. The number of hydrogen-bond donors (Lipinski definition) is 0. The van der Waals surface area contributed by atoms with Crippen LogP contribution in [0, 0.1) is 5.82 Å². The van der Waals surface area contributed by atoms with Crippen LogP contribution in [0.25, 0.3) is 10.9 Å². The van der Waals surface area contributed by atoms with Crippen molar-refractivity contribution in [2.45, 2.75) is 61.9 Å². The van der Waals surface area contributed by atoms with Gasteiger partial charge in [0.1, 0.15) is 36.1 Å². The van der Waals surface area contributed by atoms with E-state index in [4.69, 9.17) is 29.1 Å². The van der Waals surface area contributed by atoms with Crippen molar-refractivity contribution in [3.63, 3.8) is 0 Å². The van der Waals surface area contributed by atoms with Crippen LogP contribution in [0.1, 0.15) is 32.1 Å². The van der Waals surface area contributed by atoms with Gasteiger partial charge >= 0.3 is 12.1 Å². The Bertz CT molecular complexity index is 1290. The first kappa shape index (κ1) is 24.1. The van der Waals surface area contributed by atoms with Crippen LogP contribution in [0.3, 0.4) is 0 Å². The molecule has 5 aliphatic rings. The molecule has 0 aliphatic carbocycles. The number of nitrogens with zero attached hydrogens (tertiary/aromatic N) is 6. The van der Waals surface area contributed by atoms with E-state index in [9.17, 15) is 9.18 Å². The molecule has 2 aromatic heterocycles. The predicted molar refractivity (Wildman–Crippen MR) is 137 cm³/mol. The van der Waals surface area contributed by atoms with Crippen molar-refractivity contribution in [2.75, 3.05) is 37.7 Å². The molecule has 5 aliphatic heterocycles. The lowest BCUT2D eigenvalue weighted by Crippen LogP contribution is -2.62. The maximum absolute atomic E-state index is 15.3. The van der Waals surface area contributed by atoms with Gasteiger partial charge in [0.25, 0.3) is 0 Å². The Morgan fingerprint density at radius 2 is 2.11 bits per heavy atom. The number of aromatic nitrogens is 3. The highest BCUT2D eigenvalue weighted by atomic mass is 127. The van der Waals surface area contributed by atoms with Crippen LogP contribution < -0.4 is 14.4 Å². The molecular formula is C23H24ClF2IN6O4. The van der Waals surface area contributed by atoms with E-state index in [1.165, 1.54) is 0 Å². The second kappa shape index (κ2) is 8.76. The summed E-state index contributed by atoms with van der Waals surface area (Å²) in [6, 6.07) is -0.519. The number of amides is 1. The zero-order valence-corrected chi connectivity index (χ0v) is 22.6. The Morgan fingerprint density at radius 1 is 1.24 bits per heavy atom. The van der Waals surface area contributed by atoms with Gasteiger partial charge in [-0.1, -0.05) is 11.6 Å². The first-order valence-corrected chi connectivity index (χ1v) is 13.7. The maximum Gasteiger partial charge on any atom is 0.419 e. The van der Waals surface area contributed by atoms with Crippen LogP contribution >= 0.6 is 34.6 Å². The second-order valence-corrected chi connectivity index (χ2v) is 11.3. The summed E-state index contributed by atoms with van der Waals surface area (Å²) in [5, 5.41) is -0.0300. The summed E-state index contributed by atoms with van der Waals surface area (Å²) in [4.78, 5) is 31.8. The van der Waals surface area contributed by atoms with Crippen LogP contribution in [0.15, 0.2) is 0 Å². The summed E-state index contributed by atoms with van der Waals surface area (Å²) in [5.41, 5.74) is -0.436. The van der Waals surface area contributed by atoms with Crippen LogP contribution in [0.4, 0.5) is 19.4 Å². The molecule has 0 aromatic carbocycles. The van der Waals surface area contributed by atoms with E-state index in [2.05, 4.69) is 19.8 Å². The topological polar surface area (TPSA) is 93.1 Å². The van der Waals surface area contributed by atoms with Crippen LogP contribution in [0.2, 0.25) is 5.15 Å². The lowest BCUT2D eigenvalue weighted by atomic mass is 9.95. The van der Waals surface area contributed by atoms with Gasteiger partial charge in [-0.2, -0.15) is 15.0 Å². The number of hydrogen-bond acceptors (Lipinski definition) is 9. The normalized spacial score (nSPS) is 32.2. The molecule has 0 N–H and O–H groups in total. The molecule has 1 amide bonds. The Labute approximate surface area is 230 Å². The van der Waals surface area contributed by atoms with Gasteiger partial charge in [-0.05, 0) is 32.2 Å². The quantitative estimate of drug-likeness (QED) is 0.365. The first-order chi connectivity index (χ1) is 17.9. The van der Waals surface area contributed by atoms with Gasteiger partial charge in [0, 0.05) is 19.5 Å². The van der Waals surface area contributed by atoms with Crippen molar-refractivity contribution in [3.8, 4) is 11.9 Å². The molecule has 14 heteroatoms. The van der Waals surface area contributed by atoms with E-state index in [0.29, 0.717) is 30.7 Å². The molecule has 0 saturated carbocycles. The number of alkyl halides is 1. The number of ether oxygens (including phenoxy) is 2. The van der Waals surface area contributed by atoms with E-state index >= 15 is 4.39 Å². The minimum atomic E-state index is -0.894. The van der Waals surface area contributed by atoms with Crippen molar-refractivity contribution in [2.24, 2.45) is 0 Å². The number of piperazine rings is 1. The fourth-order valence-corrected chi connectivity index (χ4v) is 7.47. The third-order valence-corrected chi connectivity index (χ3v) is 9.27. The number of rotatable bonds is 3. The largest absolute Gasteiger partial charge is 0.475 e. The lowest BCUT2D eigenvalue weighted by Gasteiger charge is -2.45. The number of anilines is 1. The van der Waals surface area contributed by atoms with Crippen molar-refractivity contribution >= 4 is 57.4 Å². The van der Waals surface area contributed by atoms with Crippen molar-refractivity contribution in [1.82, 2.24) is 24.8 Å². The molecule has 4 fully saturated rings.